The highest BCUT2D eigenvalue weighted by atomic mass is 16.5. The number of amides is 3. The molecule has 3 N–H and O–H groups in total. The van der Waals surface area contributed by atoms with Crippen molar-refractivity contribution >= 4 is 17.9 Å². The van der Waals surface area contributed by atoms with E-state index in [1.807, 2.05) is 6.92 Å². The van der Waals surface area contributed by atoms with E-state index in [1.54, 1.807) is 12.2 Å². The first kappa shape index (κ1) is 13.2. The number of esters is 1. The first-order chi connectivity index (χ1) is 6.95. The molecule has 6 nitrogen and oxygen atoms in total. The van der Waals surface area contributed by atoms with Crippen LogP contribution in [0.15, 0.2) is 12.2 Å². The third kappa shape index (κ3) is 7.24. The van der Waals surface area contributed by atoms with Gasteiger partial charge in [0, 0.05) is 12.2 Å². The number of hydrogen-bond acceptors (Lipinski definition) is 4. The Morgan fingerprint density at radius 2 is 2.00 bits per heavy atom. The molecule has 0 spiro atoms. The summed E-state index contributed by atoms with van der Waals surface area (Å²) in [5.41, 5.74) is 4.68. The zero-order valence-electron chi connectivity index (χ0n) is 8.65. The third-order valence-corrected chi connectivity index (χ3v) is 1.51. The molecule has 1 atom stereocenters. The van der Waals surface area contributed by atoms with Gasteiger partial charge in [0.25, 0.3) is 5.91 Å². The molecule has 0 aliphatic heterocycles. The van der Waals surface area contributed by atoms with E-state index in [9.17, 15) is 14.4 Å². The minimum absolute atomic E-state index is 0.207. The molecule has 0 unspecified atom stereocenters. The van der Waals surface area contributed by atoms with Crippen LogP contribution >= 0.6 is 0 Å². The fraction of sp³-hybridized carbons (Fsp3) is 0.444. The first-order valence-electron chi connectivity index (χ1n) is 4.44. The van der Waals surface area contributed by atoms with Crippen LogP contribution in [0.1, 0.15) is 20.3 Å². The highest BCUT2D eigenvalue weighted by Crippen LogP contribution is 1.96. The van der Waals surface area contributed by atoms with Gasteiger partial charge < -0.3 is 10.5 Å². The molecule has 0 saturated carbocycles. The number of urea groups is 1. The van der Waals surface area contributed by atoms with Crippen LogP contribution in [0.5, 0.6) is 0 Å². The Morgan fingerprint density at radius 3 is 2.47 bits per heavy atom. The molecule has 0 aliphatic rings. The highest BCUT2D eigenvalue weighted by Gasteiger charge is 2.05. The molecule has 0 aromatic rings. The summed E-state index contributed by atoms with van der Waals surface area (Å²) in [4.78, 5) is 32.0. The van der Waals surface area contributed by atoms with Crippen molar-refractivity contribution in [2.75, 3.05) is 0 Å². The topological polar surface area (TPSA) is 98.5 Å². The summed E-state index contributed by atoms with van der Waals surface area (Å²) in [5.74, 6) is -1.40. The van der Waals surface area contributed by atoms with Crippen LogP contribution in [-0.4, -0.2) is 24.0 Å². The maximum absolute atomic E-state index is 11.0. The van der Waals surface area contributed by atoms with E-state index in [4.69, 9.17) is 4.74 Å². The number of imide groups is 1. The normalized spacial score (nSPS) is 12.1. The van der Waals surface area contributed by atoms with Crippen molar-refractivity contribution in [1.29, 1.82) is 0 Å². The van der Waals surface area contributed by atoms with Crippen molar-refractivity contribution in [2.45, 2.75) is 26.4 Å². The van der Waals surface area contributed by atoms with Gasteiger partial charge in [0.15, 0.2) is 0 Å². The van der Waals surface area contributed by atoms with Gasteiger partial charge in [0.05, 0.1) is 6.10 Å². The van der Waals surface area contributed by atoms with E-state index in [0.29, 0.717) is 6.42 Å². The van der Waals surface area contributed by atoms with E-state index >= 15 is 0 Å². The fourth-order valence-electron chi connectivity index (χ4n) is 0.628. The number of rotatable bonds is 4. The second kappa shape index (κ2) is 6.58. The molecule has 84 valence electrons. The van der Waals surface area contributed by atoms with Crippen LogP contribution in [0.3, 0.4) is 0 Å². The lowest BCUT2D eigenvalue weighted by molar-refractivity contribution is -0.142. The maximum Gasteiger partial charge on any atom is 0.331 e. The zero-order chi connectivity index (χ0) is 11.8. The van der Waals surface area contributed by atoms with Gasteiger partial charge in [0.2, 0.25) is 0 Å². The van der Waals surface area contributed by atoms with Crippen LogP contribution < -0.4 is 11.1 Å². The molecule has 0 rings (SSSR count). The summed E-state index contributed by atoms with van der Waals surface area (Å²) in [6.07, 6.45) is 2.30. The molecule has 15 heavy (non-hydrogen) atoms. The highest BCUT2D eigenvalue weighted by molar-refractivity contribution is 6.02. The molecule has 0 aliphatic carbocycles. The molecule has 0 aromatic heterocycles. The van der Waals surface area contributed by atoms with Crippen molar-refractivity contribution in [1.82, 2.24) is 5.32 Å². The van der Waals surface area contributed by atoms with Crippen LogP contribution in [0.2, 0.25) is 0 Å². The Morgan fingerprint density at radius 1 is 1.40 bits per heavy atom. The Kier molecular flexibility index (Phi) is 5.77. The number of nitrogens with one attached hydrogen (secondary N) is 1. The van der Waals surface area contributed by atoms with Crippen LogP contribution in [-0.2, 0) is 14.3 Å². The van der Waals surface area contributed by atoms with Crippen molar-refractivity contribution in [3.63, 3.8) is 0 Å². The van der Waals surface area contributed by atoms with Gasteiger partial charge in [-0.25, -0.2) is 9.59 Å². The Hall–Kier alpha value is -1.85. The second-order valence-corrected chi connectivity index (χ2v) is 2.84. The molecule has 6 heteroatoms. The zero-order valence-corrected chi connectivity index (χ0v) is 8.65. The minimum Gasteiger partial charge on any atom is -0.460 e. The predicted octanol–water partition coefficient (Wildman–Crippen LogP) is 0.0792. The van der Waals surface area contributed by atoms with Gasteiger partial charge in [-0.3, -0.25) is 10.1 Å². The van der Waals surface area contributed by atoms with Crippen molar-refractivity contribution < 1.29 is 19.1 Å². The summed E-state index contributed by atoms with van der Waals surface area (Å²) in [6, 6.07) is -0.972. The minimum atomic E-state index is -0.972. The molecular weight excluding hydrogens is 200 g/mol. The van der Waals surface area contributed by atoms with Crippen LogP contribution in [0.4, 0.5) is 4.79 Å². The summed E-state index contributed by atoms with van der Waals surface area (Å²) in [6.45, 7) is 3.59. The van der Waals surface area contributed by atoms with Crippen LogP contribution in [0, 0.1) is 0 Å². The SMILES string of the molecule is CC[C@@H](C)OC(=O)/C=C\C(=O)NC(N)=O. The number of nitrogens with two attached hydrogens (primary N) is 1. The summed E-state index contributed by atoms with van der Waals surface area (Å²) >= 11 is 0. The van der Waals surface area contributed by atoms with Gasteiger partial charge >= 0.3 is 12.0 Å². The van der Waals surface area contributed by atoms with Crippen molar-refractivity contribution in [2.24, 2.45) is 5.73 Å². The smallest absolute Gasteiger partial charge is 0.331 e. The molecule has 0 aromatic carbocycles. The van der Waals surface area contributed by atoms with E-state index in [2.05, 4.69) is 5.73 Å². The third-order valence-electron chi connectivity index (χ3n) is 1.51. The molecule has 0 fully saturated rings. The quantitative estimate of drug-likeness (QED) is 0.511. The lowest BCUT2D eigenvalue weighted by Crippen LogP contribution is -2.33. The standard InChI is InChI=1S/C9H14N2O4/c1-3-6(2)15-8(13)5-4-7(12)11-9(10)14/h4-6H,3H2,1-2H3,(H3,10,11,12,14)/b5-4-/t6-/m1/s1. The molecule has 3 amide bonds. The fourth-order valence-corrected chi connectivity index (χ4v) is 0.628. The summed E-state index contributed by atoms with van der Waals surface area (Å²) in [7, 11) is 0. The van der Waals surface area contributed by atoms with E-state index < -0.39 is 17.9 Å². The molecular formula is C9H14N2O4. The second-order valence-electron chi connectivity index (χ2n) is 2.84. The van der Waals surface area contributed by atoms with Gasteiger partial charge in [-0.05, 0) is 13.3 Å². The number of carbonyl (C=O) groups is 3. The van der Waals surface area contributed by atoms with Gasteiger partial charge in [-0.1, -0.05) is 6.92 Å². The molecule has 0 bridgehead atoms. The molecule has 0 saturated heterocycles. The number of hydrogen-bond donors (Lipinski definition) is 2. The summed E-state index contributed by atoms with van der Waals surface area (Å²) < 4.78 is 4.83. The van der Waals surface area contributed by atoms with Crippen LogP contribution in [0.25, 0.3) is 0 Å². The first-order valence-corrected chi connectivity index (χ1v) is 4.44. The lowest BCUT2D eigenvalue weighted by Gasteiger charge is -2.07. The predicted molar refractivity (Wildman–Crippen MR) is 52.7 cm³/mol. The van der Waals surface area contributed by atoms with Crippen molar-refractivity contribution in [3.05, 3.63) is 12.2 Å². The number of ether oxygens (including phenoxy) is 1. The average molecular weight is 214 g/mol. The molecule has 0 heterocycles. The Balaban J connectivity index is 4.00. The number of carbonyl (C=O) groups excluding carboxylic acids is 3. The Labute approximate surface area is 87.5 Å². The Bertz CT molecular complexity index is 286. The maximum atomic E-state index is 11.0. The van der Waals surface area contributed by atoms with E-state index in [-0.39, 0.29) is 6.10 Å². The summed E-state index contributed by atoms with van der Waals surface area (Å²) in [5, 5.41) is 1.77. The van der Waals surface area contributed by atoms with Gasteiger partial charge in [-0.2, -0.15) is 0 Å². The number of primary amides is 1. The monoisotopic (exact) mass is 214 g/mol. The largest absolute Gasteiger partial charge is 0.460 e. The average Bonchev–Trinajstić information content (AvgIpc) is 2.13. The van der Waals surface area contributed by atoms with Gasteiger partial charge in [-0.15, -0.1) is 0 Å². The molecule has 0 radical (unpaired) electrons. The van der Waals surface area contributed by atoms with E-state index in [1.165, 1.54) is 0 Å². The van der Waals surface area contributed by atoms with Crippen molar-refractivity contribution in [3.8, 4) is 0 Å². The van der Waals surface area contributed by atoms with E-state index in [0.717, 1.165) is 12.2 Å². The lowest BCUT2D eigenvalue weighted by atomic mass is 10.3. The van der Waals surface area contributed by atoms with Gasteiger partial charge in [0.1, 0.15) is 0 Å².